The summed E-state index contributed by atoms with van der Waals surface area (Å²) in [6, 6.07) is 5.83. The summed E-state index contributed by atoms with van der Waals surface area (Å²) in [6.45, 7) is 2.25. The lowest BCUT2D eigenvalue weighted by atomic mass is 9.96. The van der Waals surface area contributed by atoms with Gasteiger partial charge in [0.2, 0.25) is 11.8 Å². The highest BCUT2D eigenvalue weighted by molar-refractivity contribution is 9.09. The molecule has 1 heterocycles. The summed E-state index contributed by atoms with van der Waals surface area (Å²) in [5, 5.41) is 5.53. The van der Waals surface area contributed by atoms with Crippen LogP contribution in [0.1, 0.15) is 36.6 Å². The largest absolute Gasteiger partial charge is 0.324 e. The molecule has 4 nitrogen and oxygen atoms in total. The summed E-state index contributed by atoms with van der Waals surface area (Å²) >= 11 is 3.77. The standard InChI is InChI=1S/C15H17BrN2O2/c1-8(9-2-3-9)15(16)10-4-5-11-12(6-10)18-14(20)7-13(19)17-11/h4-6,8-9,15H,2-3,7H2,1H3,(H,17,19)(H,18,20). The van der Waals surface area contributed by atoms with Crippen molar-refractivity contribution in [2.75, 3.05) is 10.6 Å². The molecule has 0 bridgehead atoms. The Morgan fingerprint density at radius 2 is 1.80 bits per heavy atom. The highest BCUT2D eigenvalue weighted by Crippen LogP contribution is 2.46. The van der Waals surface area contributed by atoms with Crippen LogP contribution in [0, 0.1) is 11.8 Å². The molecular weight excluding hydrogens is 320 g/mol. The van der Waals surface area contributed by atoms with Crippen molar-refractivity contribution >= 4 is 39.1 Å². The average molecular weight is 337 g/mol. The zero-order valence-corrected chi connectivity index (χ0v) is 12.9. The number of halogens is 1. The van der Waals surface area contributed by atoms with E-state index in [0.717, 1.165) is 11.5 Å². The molecule has 1 aliphatic carbocycles. The van der Waals surface area contributed by atoms with Gasteiger partial charge in [-0.2, -0.15) is 0 Å². The Bertz CT molecular complexity index is 569. The van der Waals surface area contributed by atoms with Crippen LogP contribution in [-0.4, -0.2) is 11.8 Å². The van der Waals surface area contributed by atoms with Gasteiger partial charge in [0.25, 0.3) is 0 Å². The molecule has 1 aromatic rings. The summed E-state index contributed by atoms with van der Waals surface area (Å²) in [5.74, 6) is 0.840. The number of fused-ring (bicyclic) bond motifs is 1. The maximum Gasteiger partial charge on any atom is 0.233 e. The van der Waals surface area contributed by atoms with E-state index in [9.17, 15) is 9.59 Å². The molecular formula is C15H17BrN2O2. The fourth-order valence-corrected chi connectivity index (χ4v) is 3.36. The van der Waals surface area contributed by atoms with Crippen LogP contribution < -0.4 is 10.6 Å². The summed E-state index contributed by atoms with van der Waals surface area (Å²) < 4.78 is 0. The van der Waals surface area contributed by atoms with E-state index in [1.165, 1.54) is 12.8 Å². The fraction of sp³-hybridized carbons (Fsp3) is 0.467. The van der Waals surface area contributed by atoms with E-state index in [2.05, 4.69) is 33.5 Å². The van der Waals surface area contributed by atoms with Gasteiger partial charge in [0.15, 0.2) is 0 Å². The first-order valence-electron chi connectivity index (χ1n) is 6.92. The molecule has 0 saturated heterocycles. The molecule has 0 aromatic heterocycles. The number of carbonyl (C=O) groups excluding carboxylic acids is 2. The van der Waals surface area contributed by atoms with Crippen molar-refractivity contribution < 1.29 is 9.59 Å². The monoisotopic (exact) mass is 336 g/mol. The van der Waals surface area contributed by atoms with Crippen molar-refractivity contribution in [3.05, 3.63) is 23.8 Å². The van der Waals surface area contributed by atoms with Gasteiger partial charge in [-0.15, -0.1) is 0 Å². The minimum Gasteiger partial charge on any atom is -0.324 e. The van der Waals surface area contributed by atoms with Crippen LogP contribution in [0.4, 0.5) is 11.4 Å². The molecule has 2 N–H and O–H groups in total. The van der Waals surface area contributed by atoms with Crippen molar-refractivity contribution in [2.24, 2.45) is 11.8 Å². The summed E-state index contributed by atoms with van der Waals surface area (Å²) in [6.07, 6.45) is 2.49. The zero-order valence-electron chi connectivity index (χ0n) is 11.3. The van der Waals surface area contributed by atoms with Crippen molar-refractivity contribution in [1.29, 1.82) is 0 Å². The quantitative estimate of drug-likeness (QED) is 0.656. The van der Waals surface area contributed by atoms with Gasteiger partial charge in [-0.05, 0) is 42.4 Å². The number of hydrogen-bond acceptors (Lipinski definition) is 2. The van der Waals surface area contributed by atoms with E-state index in [1.807, 2.05) is 18.2 Å². The number of hydrogen-bond donors (Lipinski definition) is 2. The number of alkyl halides is 1. The second-order valence-corrected chi connectivity index (χ2v) is 6.66. The molecule has 2 unspecified atom stereocenters. The lowest BCUT2D eigenvalue weighted by Gasteiger charge is -2.19. The Kier molecular flexibility index (Phi) is 3.54. The SMILES string of the molecule is CC(C1CC1)C(Br)c1ccc2c(c1)NC(=O)CC(=O)N2. The molecule has 1 aromatic carbocycles. The van der Waals surface area contributed by atoms with E-state index in [-0.39, 0.29) is 23.1 Å². The van der Waals surface area contributed by atoms with Crippen LogP contribution in [-0.2, 0) is 9.59 Å². The molecule has 1 saturated carbocycles. The minimum absolute atomic E-state index is 0.125. The summed E-state index contributed by atoms with van der Waals surface area (Å²) in [7, 11) is 0. The van der Waals surface area contributed by atoms with E-state index < -0.39 is 0 Å². The van der Waals surface area contributed by atoms with Crippen molar-refractivity contribution in [3.63, 3.8) is 0 Å². The smallest absolute Gasteiger partial charge is 0.233 e. The third kappa shape index (κ3) is 2.73. The first-order chi connectivity index (χ1) is 9.54. The second-order valence-electron chi connectivity index (χ2n) is 5.68. The van der Waals surface area contributed by atoms with Gasteiger partial charge in [0, 0.05) is 4.83 Å². The third-order valence-electron chi connectivity index (χ3n) is 4.06. The number of nitrogens with one attached hydrogen (secondary N) is 2. The molecule has 106 valence electrons. The topological polar surface area (TPSA) is 58.2 Å². The Hall–Kier alpha value is -1.36. The van der Waals surface area contributed by atoms with E-state index in [0.29, 0.717) is 17.3 Å². The Morgan fingerprint density at radius 3 is 2.45 bits per heavy atom. The van der Waals surface area contributed by atoms with Gasteiger partial charge >= 0.3 is 0 Å². The number of benzene rings is 1. The van der Waals surface area contributed by atoms with E-state index in [4.69, 9.17) is 0 Å². The molecule has 0 spiro atoms. The van der Waals surface area contributed by atoms with E-state index >= 15 is 0 Å². The number of anilines is 2. The van der Waals surface area contributed by atoms with Gasteiger partial charge in [-0.1, -0.05) is 28.9 Å². The van der Waals surface area contributed by atoms with Crippen molar-refractivity contribution in [1.82, 2.24) is 0 Å². The van der Waals surface area contributed by atoms with Gasteiger partial charge < -0.3 is 10.6 Å². The van der Waals surface area contributed by atoms with Gasteiger partial charge in [0.05, 0.1) is 11.4 Å². The number of carbonyl (C=O) groups is 2. The van der Waals surface area contributed by atoms with Gasteiger partial charge in [-0.25, -0.2) is 0 Å². The van der Waals surface area contributed by atoms with Crippen LogP contribution in [0.3, 0.4) is 0 Å². The Balaban J connectivity index is 1.88. The number of amides is 2. The molecule has 1 fully saturated rings. The van der Waals surface area contributed by atoms with Crippen LogP contribution in [0.15, 0.2) is 18.2 Å². The Labute approximate surface area is 126 Å². The van der Waals surface area contributed by atoms with Crippen LogP contribution in [0.25, 0.3) is 0 Å². The van der Waals surface area contributed by atoms with Crippen LogP contribution >= 0.6 is 15.9 Å². The van der Waals surface area contributed by atoms with Crippen molar-refractivity contribution in [3.8, 4) is 0 Å². The Morgan fingerprint density at radius 1 is 1.15 bits per heavy atom. The van der Waals surface area contributed by atoms with E-state index in [1.54, 1.807) is 0 Å². The van der Waals surface area contributed by atoms with Crippen LogP contribution in [0.2, 0.25) is 0 Å². The second kappa shape index (κ2) is 5.20. The molecule has 20 heavy (non-hydrogen) atoms. The normalized spacial score (nSPS) is 21.3. The third-order valence-corrected chi connectivity index (χ3v) is 5.42. The van der Waals surface area contributed by atoms with Gasteiger partial charge in [0.1, 0.15) is 6.42 Å². The molecule has 3 rings (SSSR count). The molecule has 1 aliphatic heterocycles. The van der Waals surface area contributed by atoms with Gasteiger partial charge in [-0.3, -0.25) is 9.59 Å². The highest BCUT2D eigenvalue weighted by atomic mass is 79.9. The number of rotatable bonds is 3. The maximum atomic E-state index is 11.6. The molecule has 5 heteroatoms. The lowest BCUT2D eigenvalue weighted by Crippen LogP contribution is -2.16. The summed E-state index contributed by atoms with van der Waals surface area (Å²) in [5.41, 5.74) is 2.49. The maximum absolute atomic E-state index is 11.6. The summed E-state index contributed by atoms with van der Waals surface area (Å²) in [4.78, 5) is 23.4. The molecule has 2 amide bonds. The highest BCUT2D eigenvalue weighted by Gasteiger charge is 2.33. The average Bonchev–Trinajstić information content (AvgIpc) is 3.22. The molecule has 2 atom stereocenters. The zero-order chi connectivity index (χ0) is 14.3. The lowest BCUT2D eigenvalue weighted by molar-refractivity contribution is -0.123. The first-order valence-corrected chi connectivity index (χ1v) is 7.84. The fourth-order valence-electron chi connectivity index (χ4n) is 2.64. The first kappa shape index (κ1) is 13.6. The van der Waals surface area contributed by atoms with Crippen LogP contribution in [0.5, 0.6) is 0 Å². The minimum atomic E-state index is -0.268. The predicted octanol–water partition coefficient (Wildman–Crippen LogP) is 3.45. The predicted molar refractivity (Wildman–Crippen MR) is 81.9 cm³/mol. The van der Waals surface area contributed by atoms with Crippen molar-refractivity contribution in [2.45, 2.75) is 31.0 Å². The molecule has 2 aliphatic rings. The molecule has 0 radical (unpaired) electrons.